The van der Waals surface area contributed by atoms with E-state index >= 15 is 0 Å². The molecule has 0 aliphatic heterocycles. The number of hydrogen-bond acceptors (Lipinski definition) is 1. The molecule has 3 rings (SSSR count). The number of carboxylic acid groups (broad SMARTS) is 1. The Balaban J connectivity index is 2.04. The second-order valence-corrected chi connectivity index (χ2v) is 7.82. The molecule has 0 aromatic heterocycles. The first kappa shape index (κ1) is 17.1. The molecule has 5 heteroatoms. The fourth-order valence-electron chi connectivity index (χ4n) is 3.42. The Morgan fingerprint density at radius 3 is 2.42 bits per heavy atom. The predicted octanol–water partition coefficient (Wildman–Crippen LogP) is 5.94. The van der Waals surface area contributed by atoms with E-state index in [9.17, 15) is 9.90 Å². The molecule has 126 valence electrons. The third kappa shape index (κ3) is 3.38. The highest BCUT2D eigenvalue weighted by atomic mass is 35.5. The van der Waals surface area contributed by atoms with Crippen LogP contribution >= 0.6 is 23.2 Å². The van der Waals surface area contributed by atoms with Gasteiger partial charge in [-0.25, -0.2) is 4.79 Å². The van der Waals surface area contributed by atoms with Gasteiger partial charge in [-0.3, -0.25) is 0 Å². The molecule has 2 aromatic carbocycles. The number of benzene rings is 2. The first-order valence-corrected chi connectivity index (χ1v) is 8.60. The SMILES string of the molecule is CC1(C)CCc2cc(-c3cc(Cl)cc(Cl)c3)ccc2C1NC(=O)O. The van der Waals surface area contributed by atoms with Gasteiger partial charge in [0.05, 0.1) is 6.04 Å². The molecule has 2 N–H and O–H groups in total. The third-order valence-electron chi connectivity index (χ3n) is 4.74. The second kappa shape index (κ2) is 6.30. The van der Waals surface area contributed by atoms with Crippen molar-refractivity contribution in [1.82, 2.24) is 5.32 Å². The lowest BCUT2D eigenvalue weighted by atomic mass is 9.70. The van der Waals surface area contributed by atoms with Crippen LogP contribution < -0.4 is 5.32 Å². The Hall–Kier alpha value is -1.71. The van der Waals surface area contributed by atoms with E-state index in [-0.39, 0.29) is 11.5 Å². The summed E-state index contributed by atoms with van der Waals surface area (Å²) in [5.41, 5.74) is 4.09. The predicted molar refractivity (Wildman–Crippen MR) is 97.9 cm³/mol. The Bertz CT molecular complexity index is 782. The molecule has 3 nitrogen and oxygen atoms in total. The second-order valence-electron chi connectivity index (χ2n) is 6.94. The van der Waals surface area contributed by atoms with Crippen molar-refractivity contribution in [3.8, 4) is 11.1 Å². The Labute approximate surface area is 151 Å². The average molecular weight is 364 g/mol. The molecule has 1 aliphatic carbocycles. The molecule has 1 amide bonds. The van der Waals surface area contributed by atoms with Gasteiger partial charge in [-0.15, -0.1) is 0 Å². The lowest BCUT2D eigenvalue weighted by Gasteiger charge is -2.40. The standard InChI is InChI=1S/C19H19Cl2NO2/c1-19(2)6-5-12-7-11(13-8-14(20)10-15(21)9-13)3-4-16(12)17(19)22-18(23)24/h3-4,7-10,17,22H,5-6H2,1-2H3,(H,23,24). The van der Waals surface area contributed by atoms with Crippen LogP contribution in [0.5, 0.6) is 0 Å². The molecule has 0 spiro atoms. The van der Waals surface area contributed by atoms with Gasteiger partial charge in [-0.05, 0) is 58.7 Å². The maximum Gasteiger partial charge on any atom is 0.405 e. The number of halogens is 2. The monoisotopic (exact) mass is 363 g/mol. The highest BCUT2D eigenvalue weighted by molar-refractivity contribution is 6.35. The molecular formula is C19H19Cl2NO2. The zero-order chi connectivity index (χ0) is 17.5. The van der Waals surface area contributed by atoms with Gasteiger partial charge in [0.1, 0.15) is 0 Å². The van der Waals surface area contributed by atoms with Crippen molar-refractivity contribution in [2.24, 2.45) is 5.41 Å². The van der Waals surface area contributed by atoms with E-state index in [1.54, 1.807) is 6.07 Å². The van der Waals surface area contributed by atoms with Gasteiger partial charge in [-0.2, -0.15) is 0 Å². The van der Waals surface area contributed by atoms with E-state index in [0.717, 1.165) is 29.5 Å². The molecule has 2 aromatic rings. The molecular weight excluding hydrogens is 345 g/mol. The van der Waals surface area contributed by atoms with Crippen molar-refractivity contribution >= 4 is 29.3 Å². The fourth-order valence-corrected chi connectivity index (χ4v) is 3.95. The summed E-state index contributed by atoms with van der Waals surface area (Å²) in [7, 11) is 0. The van der Waals surface area contributed by atoms with E-state index in [1.807, 2.05) is 24.3 Å². The minimum atomic E-state index is -0.994. The first-order chi connectivity index (χ1) is 11.3. The van der Waals surface area contributed by atoms with Gasteiger partial charge in [-0.1, -0.05) is 55.2 Å². The number of carbonyl (C=O) groups is 1. The topological polar surface area (TPSA) is 49.3 Å². The Morgan fingerprint density at radius 2 is 1.79 bits per heavy atom. The number of amides is 1. The number of fused-ring (bicyclic) bond motifs is 1. The molecule has 0 radical (unpaired) electrons. The summed E-state index contributed by atoms with van der Waals surface area (Å²) in [4.78, 5) is 11.2. The van der Waals surface area contributed by atoms with Crippen LogP contribution in [0.4, 0.5) is 4.79 Å². The van der Waals surface area contributed by atoms with Crippen LogP contribution in [0.1, 0.15) is 37.4 Å². The largest absolute Gasteiger partial charge is 0.465 e. The van der Waals surface area contributed by atoms with Crippen molar-refractivity contribution in [2.45, 2.75) is 32.7 Å². The van der Waals surface area contributed by atoms with Crippen LogP contribution in [0.25, 0.3) is 11.1 Å². The highest BCUT2D eigenvalue weighted by Crippen LogP contribution is 2.44. The van der Waals surface area contributed by atoms with E-state index in [1.165, 1.54) is 5.56 Å². The number of rotatable bonds is 2. The van der Waals surface area contributed by atoms with Gasteiger partial charge >= 0.3 is 6.09 Å². The van der Waals surface area contributed by atoms with E-state index in [2.05, 4.69) is 25.2 Å². The van der Waals surface area contributed by atoms with Crippen molar-refractivity contribution in [1.29, 1.82) is 0 Å². The highest BCUT2D eigenvalue weighted by Gasteiger charge is 2.37. The van der Waals surface area contributed by atoms with E-state index in [0.29, 0.717) is 10.0 Å². The number of aryl methyl sites for hydroxylation is 1. The third-order valence-corrected chi connectivity index (χ3v) is 5.17. The van der Waals surface area contributed by atoms with E-state index in [4.69, 9.17) is 23.2 Å². The fraction of sp³-hybridized carbons (Fsp3) is 0.316. The van der Waals surface area contributed by atoms with Crippen LogP contribution in [-0.4, -0.2) is 11.2 Å². The van der Waals surface area contributed by atoms with Crippen molar-refractivity contribution < 1.29 is 9.90 Å². The number of hydrogen-bond donors (Lipinski definition) is 2. The molecule has 1 aliphatic rings. The molecule has 0 saturated carbocycles. The lowest BCUT2D eigenvalue weighted by molar-refractivity contribution is 0.161. The van der Waals surface area contributed by atoms with Gasteiger partial charge in [0.2, 0.25) is 0 Å². The van der Waals surface area contributed by atoms with Gasteiger partial charge in [0, 0.05) is 10.0 Å². The normalized spacial score (nSPS) is 18.8. The summed E-state index contributed by atoms with van der Waals surface area (Å²) < 4.78 is 0. The number of nitrogens with one attached hydrogen (secondary N) is 1. The summed E-state index contributed by atoms with van der Waals surface area (Å²) >= 11 is 12.2. The van der Waals surface area contributed by atoms with Gasteiger partial charge < -0.3 is 10.4 Å². The van der Waals surface area contributed by atoms with Crippen LogP contribution in [0, 0.1) is 5.41 Å². The minimum absolute atomic E-state index is 0.119. The average Bonchev–Trinajstić information content (AvgIpc) is 2.48. The van der Waals surface area contributed by atoms with E-state index < -0.39 is 6.09 Å². The molecule has 0 heterocycles. The zero-order valence-corrected chi connectivity index (χ0v) is 15.1. The van der Waals surface area contributed by atoms with Crippen LogP contribution in [0.15, 0.2) is 36.4 Å². The summed E-state index contributed by atoms with van der Waals surface area (Å²) in [6.07, 6.45) is 0.846. The maximum absolute atomic E-state index is 11.2. The summed E-state index contributed by atoms with van der Waals surface area (Å²) in [5, 5.41) is 13.1. The molecule has 0 fully saturated rings. The first-order valence-electron chi connectivity index (χ1n) is 7.85. The van der Waals surface area contributed by atoms with Gasteiger partial charge in [0.15, 0.2) is 0 Å². The van der Waals surface area contributed by atoms with Gasteiger partial charge in [0.25, 0.3) is 0 Å². The summed E-state index contributed by atoms with van der Waals surface area (Å²) in [5.74, 6) is 0. The molecule has 1 unspecified atom stereocenters. The quantitative estimate of drug-likeness (QED) is 0.693. The molecule has 0 saturated heterocycles. The molecule has 0 bridgehead atoms. The van der Waals surface area contributed by atoms with Crippen molar-refractivity contribution in [3.63, 3.8) is 0 Å². The Kier molecular flexibility index (Phi) is 4.50. The smallest absolute Gasteiger partial charge is 0.405 e. The lowest BCUT2D eigenvalue weighted by Crippen LogP contribution is -2.40. The zero-order valence-electron chi connectivity index (χ0n) is 13.6. The van der Waals surface area contributed by atoms with Crippen LogP contribution in [-0.2, 0) is 6.42 Å². The van der Waals surface area contributed by atoms with Crippen molar-refractivity contribution in [3.05, 3.63) is 57.6 Å². The van der Waals surface area contributed by atoms with Crippen molar-refractivity contribution in [2.75, 3.05) is 0 Å². The Morgan fingerprint density at radius 1 is 1.12 bits per heavy atom. The molecule has 24 heavy (non-hydrogen) atoms. The minimum Gasteiger partial charge on any atom is -0.465 e. The summed E-state index contributed by atoms with van der Waals surface area (Å²) in [6.45, 7) is 4.20. The summed E-state index contributed by atoms with van der Waals surface area (Å²) in [6, 6.07) is 11.4. The van der Waals surface area contributed by atoms with Crippen LogP contribution in [0.2, 0.25) is 10.0 Å². The van der Waals surface area contributed by atoms with Crippen LogP contribution in [0.3, 0.4) is 0 Å². The molecule has 1 atom stereocenters. The maximum atomic E-state index is 11.2.